The summed E-state index contributed by atoms with van der Waals surface area (Å²) in [5, 5.41) is 22.5. The van der Waals surface area contributed by atoms with E-state index < -0.39 is 80.0 Å². The number of carbonyl (C=O) groups is 2. The molecule has 0 spiro atoms. The number of ether oxygens (including phenoxy) is 8. The van der Waals surface area contributed by atoms with E-state index in [0.29, 0.717) is 0 Å². The molecule has 0 amide bonds. The summed E-state index contributed by atoms with van der Waals surface area (Å²) in [5.41, 5.74) is 2.25. The van der Waals surface area contributed by atoms with E-state index in [2.05, 4.69) is 0 Å². The number of carbonyl (C=O) groups excluding carboxylic acids is 2. The topological polar surface area (TPSA) is 148 Å². The highest BCUT2D eigenvalue weighted by molar-refractivity contribution is 5.90. The Morgan fingerprint density at radius 3 is 1.57 bits per heavy atom. The van der Waals surface area contributed by atoms with Crippen molar-refractivity contribution in [2.45, 2.75) is 81.5 Å². The second kappa shape index (κ2) is 18.5. The maximum atomic E-state index is 13.6. The number of aliphatic hydroxyl groups excluding tert-OH is 2. The Bertz CT molecular complexity index is 1710. The lowest BCUT2D eigenvalue weighted by molar-refractivity contribution is -0.358. The molecule has 2 aliphatic rings. The highest BCUT2D eigenvalue weighted by Crippen LogP contribution is 2.35. The average Bonchev–Trinajstić information content (AvgIpc) is 3.20. The highest BCUT2D eigenvalue weighted by atomic mass is 16.8. The molecule has 0 radical (unpaired) electrons. The molecule has 0 aliphatic carbocycles. The molecule has 2 heterocycles. The quantitative estimate of drug-likeness (QED) is 0.177. The Hall–Kier alpha value is -4.50. The zero-order valence-corrected chi connectivity index (χ0v) is 29.4. The molecule has 6 rings (SSSR count). The fourth-order valence-corrected chi connectivity index (χ4v) is 6.38. The first-order valence-corrected chi connectivity index (χ1v) is 17.5. The van der Waals surface area contributed by atoms with Crippen LogP contribution in [0.4, 0.5) is 0 Å². The van der Waals surface area contributed by atoms with Crippen molar-refractivity contribution < 1.29 is 57.7 Å². The van der Waals surface area contributed by atoms with E-state index in [4.69, 9.17) is 37.9 Å². The summed E-state index contributed by atoms with van der Waals surface area (Å²) in [5.74, 6) is -1.49. The van der Waals surface area contributed by atoms with Gasteiger partial charge in [0.05, 0.1) is 37.1 Å². The first-order chi connectivity index (χ1) is 25.9. The summed E-state index contributed by atoms with van der Waals surface area (Å²) < 4.78 is 48.9. The lowest BCUT2D eigenvalue weighted by atomic mass is 9.96. The molecule has 0 saturated carbocycles. The molecule has 2 saturated heterocycles. The van der Waals surface area contributed by atoms with E-state index in [0.717, 1.165) is 11.1 Å². The van der Waals surface area contributed by atoms with E-state index in [-0.39, 0.29) is 24.3 Å². The van der Waals surface area contributed by atoms with Crippen LogP contribution in [0.15, 0.2) is 121 Å². The summed E-state index contributed by atoms with van der Waals surface area (Å²) in [6, 6.07) is 35.6. The molecule has 10 atom stereocenters. The number of methoxy groups -OCH3 is 1. The van der Waals surface area contributed by atoms with Gasteiger partial charge in [-0.3, -0.25) is 0 Å². The summed E-state index contributed by atoms with van der Waals surface area (Å²) in [6.07, 6.45) is -11.8. The molecule has 12 heteroatoms. The molecule has 4 aromatic carbocycles. The molecule has 4 aromatic rings. The van der Waals surface area contributed by atoms with Crippen LogP contribution in [0.1, 0.15) is 38.8 Å². The smallest absolute Gasteiger partial charge is 0.338 e. The van der Waals surface area contributed by atoms with Gasteiger partial charge in [0.2, 0.25) is 0 Å². The molecule has 2 aliphatic heterocycles. The Morgan fingerprint density at radius 1 is 0.604 bits per heavy atom. The fraction of sp³-hybridized carbons (Fsp3) is 0.366. The minimum Gasteiger partial charge on any atom is -0.452 e. The van der Waals surface area contributed by atoms with Gasteiger partial charge in [0.15, 0.2) is 24.8 Å². The van der Waals surface area contributed by atoms with Gasteiger partial charge in [0.1, 0.15) is 30.5 Å². The minimum atomic E-state index is -1.44. The van der Waals surface area contributed by atoms with Crippen LogP contribution in [-0.4, -0.2) is 97.3 Å². The third kappa shape index (κ3) is 9.55. The molecule has 2 N–H and O–H groups in total. The van der Waals surface area contributed by atoms with Crippen molar-refractivity contribution in [3.05, 3.63) is 144 Å². The van der Waals surface area contributed by atoms with Crippen LogP contribution < -0.4 is 0 Å². The summed E-state index contributed by atoms with van der Waals surface area (Å²) in [6.45, 7) is 1.55. The van der Waals surface area contributed by atoms with Crippen molar-refractivity contribution in [1.82, 2.24) is 0 Å². The number of esters is 2. The van der Waals surface area contributed by atoms with E-state index in [9.17, 15) is 19.8 Å². The predicted octanol–water partition coefficient (Wildman–Crippen LogP) is 4.46. The summed E-state index contributed by atoms with van der Waals surface area (Å²) in [4.78, 5) is 27.0. The zero-order valence-electron chi connectivity index (χ0n) is 29.4. The highest BCUT2D eigenvalue weighted by Gasteiger charge is 2.54. The predicted molar refractivity (Wildman–Crippen MR) is 189 cm³/mol. The number of hydrogen-bond donors (Lipinski definition) is 2. The van der Waals surface area contributed by atoms with Crippen molar-refractivity contribution in [3.63, 3.8) is 0 Å². The Labute approximate surface area is 308 Å². The first kappa shape index (κ1) is 38.2. The standard InChI is InChI=1S/C41H44O12/c1-26-33(47-24-27-15-7-3-8-16-27)35(48-25-28-17-9-4-10-18-28)32(43)40(49-26)53-34-31(23-42)50-41(46-2)37(52-39(45)30-21-13-6-14-22-30)36(34)51-38(44)29-19-11-5-12-20-29/h3-22,26,31-37,40-43H,23-25H2,1-2H3/t26-,31+,32+,33-,34+,35-,36-,37-,40+,41-/m0/s1. The molecule has 53 heavy (non-hydrogen) atoms. The van der Waals surface area contributed by atoms with E-state index in [1.165, 1.54) is 7.11 Å². The van der Waals surface area contributed by atoms with Crippen LogP contribution >= 0.6 is 0 Å². The molecular weight excluding hydrogens is 684 g/mol. The Balaban J connectivity index is 1.29. The SMILES string of the molecule is CO[C@H]1O[C@H](CO)[C@@H](O[C@H]2O[C@@H](C)[C@H](OCc3ccccc3)[C@@H](OCc3ccccc3)[C@H]2O)[C@H](OC(=O)c2ccccc2)[C@@H]1OC(=O)c1ccccc1. The van der Waals surface area contributed by atoms with Crippen LogP contribution in [0.3, 0.4) is 0 Å². The van der Waals surface area contributed by atoms with Gasteiger partial charge in [-0.05, 0) is 42.3 Å². The van der Waals surface area contributed by atoms with Gasteiger partial charge >= 0.3 is 11.9 Å². The molecule has 0 unspecified atom stereocenters. The number of hydrogen-bond acceptors (Lipinski definition) is 12. The van der Waals surface area contributed by atoms with Crippen LogP contribution in [0.5, 0.6) is 0 Å². The van der Waals surface area contributed by atoms with Gasteiger partial charge in [0, 0.05) is 7.11 Å². The lowest BCUT2D eigenvalue weighted by Gasteiger charge is -2.48. The minimum absolute atomic E-state index is 0.156. The molecule has 2 fully saturated rings. The lowest BCUT2D eigenvalue weighted by Crippen LogP contribution is -2.65. The van der Waals surface area contributed by atoms with Crippen LogP contribution in [0.25, 0.3) is 0 Å². The number of aliphatic hydroxyl groups is 2. The van der Waals surface area contributed by atoms with Gasteiger partial charge in [-0.25, -0.2) is 9.59 Å². The van der Waals surface area contributed by atoms with Crippen LogP contribution in [-0.2, 0) is 51.1 Å². The van der Waals surface area contributed by atoms with E-state index in [1.807, 2.05) is 60.7 Å². The fourth-order valence-electron chi connectivity index (χ4n) is 6.38. The number of benzene rings is 4. The average molecular weight is 729 g/mol. The first-order valence-electron chi connectivity index (χ1n) is 17.5. The number of rotatable bonds is 14. The van der Waals surface area contributed by atoms with Crippen molar-refractivity contribution in [1.29, 1.82) is 0 Å². The van der Waals surface area contributed by atoms with Gasteiger partial charge in [-0.1, -0.05) is 97.1 Å². The van der Waals surface area contributed by atoms with Gasteiger partial charge in [-0.2, -0.15) is 0 Å². The van der Waals surface area contributed by atoms with Gasteiger partial charge in [-0.15, -0.1) is 0 Å². The van der Waals surface area contributed by atoms with E-state index >= 15 is 0 Å². The van der Waals surface area contributed by atoms with Crippen molar-refractivity contribution in [2.75, 3.05) is 13.7 Å². The molecule has 280 valence electrons. The van der Waals surface area contributed by atoms with E-state index in [1.54, 1.807) is 67.6 Å². The third-order valence-electron chi connectivity index (χ3n) is 9.12. The molecule has 12 nitrogen and oxygen atoms in total. The maximum Gasteiger partial charge on any atom is 0.338 e. The monoisotopic (exact) mass is 728 g/mol. The molecule has 0 aromatic heterocycles. The second-order valence-corrected chi connectivity index (χ2v) is 12.8. The molecular formula is C41H44O12. The van der Waals surface area contributed by atoms with Crippen LogP contribution in [0.2, 0.25) is 0 Å². The van der Waals surface area contributed by atoms with Crippen LogP contribution in [0, 0.1) is 0 Å². The largest absolute Gasteiger partial charge is 0.452 e. The van der Waals surface area contributed by atoms with Crippen molar-refractivity contribution in [3.8, 4) is 0 Å². The second-order valence-electron chi connectivity index (χ2n) is 12.8. The maximum absolute atomic E-state index is 13.6. The summed E-state index contributed by atoms with van der Waals surface area (Å²) in [7, 11) is 1.33. The van der Waals surface area contributed by atoms with Crippen molar-refractivity contribution in [2.24, 2.45) is 0 Å². The van der Waals surface area contributed by atoms with Gasteiger partial charge in [0.25, 0.3) is 0 Å². The zero-order chi connectivity index (χ0) is 37.2. The molecule has 0 bridgehead atoms. The Kier molecular flexibility index (Phi) is 13.3. The summed E-state index contributed by atoms with van der Waals surface area (Å²) >= 11 is 0. The Morgan fingerprint density at radius 2 is 1.08 bits per heavy atom. The normalized spacial score (nSPS) is 28.5. The third-order valence-corrected chi connectivity index (χ3v) is 9.12. The van der Waals surface area contributed by atoms with Gasteiger partial charge < -0.3 is 48.1 Å². The van der Waals surface area contributed by atoms with Crippen molar-refractivity contribution >= 4 is 11.9 Å².